The Bertz CT molecular complexity index is 936. The lowest BCUT2D eigenvalue weighted by Crippen LogP contribution is -2.15. The highest BCUT2D eigenvalue weighted by atomic mass is 32.2. The summed E-state index contributed by atoms with van der Waals surface area (Å²) in [6, 6.07) is 7.33. The van der Waals surface area contributed by atoms with E-state index in [1.807, 2.05) is 13.0 Å². The van der Waals surface area contributed by atoms with Crippen LogP contribution in [0.5, 0.6) is 0 Å². The molecule has 24 heavy (non-hydrogen) atoms. The van der Waals surface area contributed by atoms with Gasteiger partial charge in [-0.25, -0.2) is 9.97 Å². The number of pyridine rings is 2. The van der Waals surface area contributed by atoms with Gasteiger partial charge in [0.1, 0.15) is 5.65 Å². The second-order valence-electron chi connectivity index (χ2n) is 5.19. The first kappa shape index (κ1) is 16.5. The van der Waals surface area contributed by atoms with Crippen LogP contribution in [0.4, 0.5) is 13.2 Å². The Morgan fingerprint density at radius 3 is 2.67 bits per heavy atom. The fraction of sp³-hybridized carbons (Fsp3) is 0.188. The molecule has 124 valence electrons. The minimum Gasteiger partial charge on any atom is -0.269 e. The summed E-state index contributed by atoms with van der Waals surface area (Å²) in [6.07, 6.45) is -1.89. The molecule has 8 heteroatoms. The van der Waals surface area contributed by atoms with Gasteiger partial charge in [-0.1, -0.05) is 6.07 Å². The van der Waals surface area contributed by atoms with E-state index in [2.05, 4.69) is 9.97 Å². The Labute approximate surface area is 139 Å². The zero-order chi connectivity index (χ0) is 17.3. The van der Waals surface area contributed by atoms with E-state index in [1.54, 1.807) is 12.3 Å². The minimum absolute atomic E-state index is 0.195. The molecule has 0 bridgehead atoms. The lowest BCUT2D eigenvalue weighted by atomic mass is 10.3. The van der Waals surface area contributed by atoms with Crippen molar-refractivity contribution in [3.8, 4) is 0 Å². The Balaban J connectivity index is 1.78. The van der Waals surface area contributed by atoms with Gasteiger partial charge in [0.15, 0.2) is 0 Å². The van der Waals surface area contributed by atoms with Gasteiger partial charge in [0.05, 0.1) is 16.3 Å². The molecule has 0 saturated carbocycles. The Morgan fingerprint density at radius 1 is 1.21 bits per heavy atom. The van der Waals surface area contributed by atoms with E-state index >= 15 is 0 Å². The number of fused-ring (bicyclic) bond motifs is 1. The zero-order valence-corrected chi connectivity index (χ0v) is 13.4. The Kier molecular flexibility index (Phi) is 4.31. The molecule has 0 aliphatic heterocycles. The van der Waals surface area contributed by atoms with Gasteiger partial charge in [-0.3, -0.25) is 9.20 Å². The second kappa shape index (κ2) is 6.27. The summed E-state index contributed by atoms with van der Waals surface area (Å²) >= 11 is 1.22. The van der Waals surface area contributed by atoms with Crippen molar-refractivity contribution in [3.63, 3.8) is 0 Å². The van der Waals surface area contributed by atoms with Gasteiger partial charge in [-0.15, -0.1) is 11.8 Å². The van der Waals surface area contributed by atoms with E-state index in [0.717, 1.165) is 17.8 Å². The number of hydrogen-bond donors (Lipinski definition) is 0. The maximum atomic E-state index is 12.5. The van der Waals surface area contributed by atoms with Crippen LogP contribution in [0.25, 0.3) is 5.65 Å². The normalized spacial score (nSPS) is 11.8. The predicted molar refractivity (Wildman–Crippen MR) is 85.0 cm³/mol. The van der Waals surface area contributed by atoms with E-state index in [-0.39, 0.29) is 5.56 Å². The second-order valence-corrected chi connectivity index (χ2v) is 6.19. The fourth-order valence-electron chi connectivity index (χ4n) is 2.11. The highest BCUT2D eigenvalue weighted by Crippen LogP contribution is 2.30. The smallest absolute Gasteiger partial charge is 0.269 e. The first-order valence-electron chi connectivity index (χ1n) is 6.98. The number of aryl methyl sites for hydroxylation is 1. The number of aromatic nitrogens is 3. The van der Waals surface area contributed by atoms with Crippen LogP contribution in [-0.4, -0.2) is 14.4 Å². The number of thioether (sulfide) groups is 1. The number of hydrogen-bond acceptors (Lipinski definition) is 4. The van der Waals surface area contributed by atoms with Gasteiger partial charge in [0.25, 0.3) is 5.56 Å². The maximum absolute atomic E-state index is 12.5. The molecule has 0 unspecified atom stereocenters. The molecule has 0 atom stereocenters. The van der Waals surface area contributed by atoms with E-state index in [1.165, 1.54) is 28.3 Å². The molecule has 3 aromatic rings. The summed E-state index contributed by atoms with van der Waals surface area (Å²) in [5.74, 6) is 0.345. The first-order valence-corrected chi connectivity index (χ1v) is 7.96. The zero-order valence-electron chi connectivity index (χ0n) is 12.5. The number of alkyl halides is 3. The summed E-state index contributed by atoms with van der Waals surface area (Å²) in [4.78, 5) is 20.3. The molecule has 0 N–H and O–H groups in total. The number of nitrogens with zero attached hydrogens (tertiary/aromatic N) is 3. The van der Waals surface area contributed by atoms with Crippen molar-refractivity contribution in [1.29, 1.82) is 0 Å². The molecule has 0 fully saturated rings. The van der Waals surface area contributed by atoms with Crippen LogP contribution in [-0.2, 0) is 11.9 Å². The molecule has 0 aliphatic rings. The summed E-state index contributed by atoms with van der Waals surface area (Å²) in [5, 5.41) is 0.439. The molecule has 4 nitrogen and oxygen atoms in total. The van der Waals surface area contributed by atoms with Crippen molar-refractivity contribution in [2.24, 2.45) is 0 Å². The minimum atomic E-state index is -4.40. The van der Waals surface area contributed by atoms with Crippen molar-refractivity contribution in [2.45, 2.75) is 23.9 Å². The SMILES string of the molecule is Cc1ccc2nc(CSc3ccc(C(F)(F)F)cn3)cc(=O)n2c1. The molecule has 0 aliphatic carbocycles. The maximum Gasteiger partial charge on any atom is 0.417 e. The molecular weight excluding hydrogens is 339 g/mol. The topological polar surface area (TPSA) is 47.3 Å². The molecule has 3 rings (SSSR count). The predicted octanol–water partition coefficient (Wildman–Crippen LogP) is 3.71. The molecule has 0 spiro atoms. The number of halogens is 3. The van der Waals surface area contributed by atoms with Crippen LogP contribution in [0.15, 0.2) is 52.5 Å². The van der Waals surface area contributed by atoms with Gasteiger partial charge >= 0.3 is 6.18 Å². The van der Waals surface area contributed by atoms with E-state index in [9.17, 15) is 18.0 Å². The van der Waals surface area contributed by atoms with Gasteiger partial charge in [-0.2, -0.15) is 13.2 Å². The fourth-order valence-corrected chi connectivity index (χ4v) is 2.85. The molecule has 0 aromatic carbocycles. The molecular formula is C16H12F3N3OS. The average molecular weight is 351 g/mol. The van der Waals surface area contributed by atoms with E-state index < -0.39 is 11.7 Å². The van der Waals surface area contributed by atoms with Crippen molar-refractivity contribution < 1.29 is 13.2 Å². The monoisotopic (exact) mass is 351 g/mol. The standard InChI is InChI=1S/C16H12F3N3OS/c1-10-2-4-13-21-12(6-15(23)22(13)8-10)9-24-14-5-3-11(7-20-14)16(17,18)19/h2-8H,9H2,1H3. The first-order chi connectivity index (χ1) is 11.3. The summed E-state index contributed by atoms with van der Waals surface area (Å²) < 4.78 is 39.0. The lowest BCUT2D eigenvalue weighted by molar-refractivity contribution is -0.137. The van der Waals surface area contributed by atoms with Crippen LogP contribution >= 0.6 is 11.8 Å². The van der Waals surface area contributed by atoms with Gasteiger partial charge in [0, 0.05) is 24.2 Å². The number of rotatable bonds is 3. The Morgan fingerprint density at radius 2 is 2.00 bits per heavy atom. The van der Waals surface area contributed by atoms with E-state index in [4.69, 9.17) is 0 Å². The highest BCUT2D eigenvalue weighted by Gasteiger charge is 2.30. The third kappa shape index (κ3) is 3.59. The highest BCUT2D eigenvalue weighted by molar-refractivity contribution is 7.98. The van der Waals surface area contributed by atoms with Crippen molar-refractivity contribution >= 4 is 17.4 Å². The van der Waals surface area contributed by atoms with Crippen LogP contribution in [0.2, 0.25) is 0 Å². The molecule has 0 saturated heterocycles. The van der Waals surface area contributed by atoms with Crippen LogP contribution < -0.4 is 5.56 Å². The molecule has 3 heterocycles. The summed E-state index contributed by atoms with van der Waals surface area (Å²) in [5.41, 5.74) is 1.05. The Hall–Kier alpha value is -2.35. The van der Waals surface area contributed by atoms with Crippen molar-refractivity contribution in [2.75, 3.05) is 0 Å². The van der Waals surface area contributed by atoms with E-state index in [0.29, 0.717) is 22.1 Å². The van der Waals surface area contributed by atoms with Gasteiger partial charge in [0.2, 0.25) is 0 Å². The third-order valence-corrected chi connectivity index (χ3v) is 4.27. The molecule has 3 aromatic heterocycles. The van der Waals surface area contributed by atoms with Crippen LogP contribution in [0.3, 0.4) is 0 Å². The third-order valence-electron chi connectivity index (χ3n) is 3.29. The van der Waals surface area contributed by atoms with Crippen LogP contribution in [0.1, 0.15) is 16.8 Å². The largest absolute Gasteiger partial charge is 0.417 e. The van der Waals surface area contributed by atoms with Crippen molar-refractivity contribution in [3.05, 3.63) is 69.9 Å². The van der Waals surface area contributed by atoms with Gasteiger partial charge in [-0.05, 0) is 30.7 Å². The molecule has 0 radical (unpaired) electrons. The average Bonchev–Trinajstić information content (AvgIpc) is 2.53. The van der Waals surface area contributed by atoms with Crippen molar-refractivity contribution in [1.82, 2.24) is 14.4 Å². The van der Waals surface area contributed by atoms with Gasteiger partial charge < -0.3 is 0 Å². The lowest BCUT2D eigenvalue weighted by Gasteiger charge is -2.07. The summed E-state index contributed by atoms with van der Waals surface area (Å²) in [6.45, 7) is 1.88. The van der Waals surface area contributed by atoms with Crippen LogP contribution in [0, 0.1) is 6.92 Å². The quantitative estimate of drug-likeness (QED) is 0.675. The summed E-state index contributed by atoms with van der Waals surface area (Å²) in [7, 11) is 0. The molecule has 0 amide bonds.